The molecule has 2 rings (SSSR count). The molecule has 2 aliphatic rings. The molecule has 1 fully saturated rings. The summed E-state index contributed by atoms with van der Waals surface area (Å²) in [6, 6.07) is 0.154. The average molecular weight is 197 g/mol. The lowest BCUT2D eigenvalue weighted by molar-refractivity contribution is 0.122. The number of rotatable bonds is 3. The Balaban J connectivity index is 1.68. The first-order valence-electron chi connectivity index (χ1n) is 5.50. The van der Waals surface area contributed by atoms with Gasteiger partial charge in [0.15, 0.2) is 0 Å². The van der Waals surface area contributed by atoms with E-state index >= 15 is 0 Å². The molecule has 0 amide bonds. The van der Waals surface area contributed by atoms with Gasteiger partial charge < -0.3 is 15.2 Å². The van der Waals surface area contributed by atoms with Gasteiger partial charge in [0.1, 0.15) is 0 Å². The molecule has 1 aliphatic heterocycles. The smallest absolute Gasteiger partial charge is 0.0948 e. The Morgan fingerprint density at radius 3 is 2.93 bits per heavy atom. The van der Waals surface area contributed by atoms with Gasteiger partial charge in [0, 0.05) is 0 Å². The van der Waals surface area contributed by atoms with Crippen molar-refractivity contribution in [2.24, 2.45) is 5.92 Å². The lowest BCUT2D eigenvalue weighted by Crippen LogP contribution is -2.41. The summed E-state index contributed by atoms with van der Waals surface area (Å²) in [6.45, 7) is 2.15. The molecule has 0 spiro atoms. The number of aliphatic hydroxyl groups excluding tert-OH is 1. The molecule has 0 radical (unpaired) electrons. The van der Waals surface area contributed by atoms with E-state index in [1.807, 2.05) is 0 Å². The highest BCUT2D eigenvalue weighted by Crippen LogP contribution is 2.17. The zero-order valence-corrected chi connectivity index (χ0v) is 8.48. The first-order valence-corrected chi connectivity index (χ1v) is 5.50. The van der Waals surface area contributed by atoms with Gasteiger partial charge in [-0.25, -0.2) is 0 Å². The van der Waals surface area contributed by atoms with Gasteiger partial charge in [-0.3, -0.25) is 0 Å². The van der Waals surface area contributed by atoms with Gasteiger partial charge in [-0.2, -0.15) is 0 Å². The van der Waals surface area contributed by atoms with Crippen LogP contribution in [0.5, 0.6) is 0 Å². The van der Waals surface area contributed by atoms with Crippen molar-refractivity contribution in [3.8, 4) is 0 Å². The number of aliphatic hydroxyl groups is 1. The maximum atomic E-state index is 9.52. The van der Waals surface area contributed by atoms with Gasteiger partial charge in [-0.15, -0.1) is 0 Å². The first-order chi connectivity index (χ1) is 6.86. The third-order valence-corrected chi connectivity index (χ3v) is 3.10. The predicted octanol–water partition coefficient (Wildman–Crippen LogP) is 0.692. The van der Waals surface area contributed by atoms with Crippen molar-refractivity contribution in [2.75, 3.05) is 19.8 Å². The lowest BCUT2D eigenvalue weighted by atomic mass is 9.94. The molecular formula is C11H19NO2. The summed E-state index contributed by atoms with van der Waals surface area (Å²) in [5.74, 6) is 0.743. The van der Waals surface area contributed by atoms with E-state index in [1.54, 1.807) is 0 Å². The van der Waals surface area contributed by atoms with Crippen LogP contribution in [0.4, 0.5) is 0 Å². The first kappa shape index (κ1) is 10.1. The number of nitrogens with one attached hydrogen (secondary N) is 1. The van der Waals surface area contributed by atoms with Crippen LogP contribution in [0.1, 0.15) is 19.3 Å². The van der Waals surface area contributed by atoms with E-state index in [0.717, 1.165) is 12.5 Å². The highest BCUT2D eigenvalue weighted by Gasteiger charge is 2.26. The zero-order chi connectivity index (χ0) is 9.80. The van der Waals surface area contributed by atoms with E-state index in [-0.39, 0.29) is 12.1 Å². The average Bonchev–Trinajstić information content (AvgIpc) is 2.63. The molecule has 3 heteroatoms. The summed E-state index contributed by atoms with van der Waals surface area (Å²) >= 11 is 0. The molecule has 0 aromatic heterocycles. The Labute approximate surface area is 85.1 Å². The third kappa shape index (κ3) is 2.56. The standard InChI is InChI=1S/C11H19NO2/c13-11-8-14-7-10(11)12-6-9-4-2-1-3-5-9/h1-2,9-13H,3-8H2. The molecule has 1 heterocycles. The van der Waals surface area contributed by atoms with Crippen LogP contribution in [0.3, 0.4) is 0 Å². The zero-order valence-electron chi connectivity index (χ0n) is 8.48. The van der Waals surface area contributed by atoms with Crippen LogP contribution in [0.15, 0.2) is 12.2 Å². The van der Waals surface area contributed by atoms with Crippen LogP contribution in [0.2, 0.25) is 0 Å². The molecule has 80 valence electrons. The second-order valence-corrected chi connectivity index (χ2v) is 4.27. The van der Waals surface area contributed by atoms with Crippen molar-refractivity contribution in [1.29, 1.82) is 0 Å². The molecule has 3 atom stereocenters. The molecule has 0 aromatic rings. The predicted molar refractivity (Wildman–Crippen MR) is 55.1 cm³/mol. The van der Waals surface area contributed by atoms with Crippen LogP contribution in [0.25, 0.3) is 0 Å². The molecular weight excluding hydrogens is 178 g/mol. The molecule has 1 saturated heterocycles. The number of hydrogen-bond acceptors (Lipinski definition) is 3. The fourth-order valence-electron chi connectivity index (χ4n) is 2.10. The Bertz CT molecular complexity index is 205. The van der Waals surface area contributed by atoms with Crippen LogP contribution in [-0.4, -0.2) is 37.0 Å². The summed E-state index contributed by atoms with van der Waals surface area (Å²) in [6.07, 6.45) is 7.86. The largest absolute Gasteiger partial charge is 0.389 e. The second-order valence-electron chi connectivity index (χ2n) is 4.27. The molecule has 14 heavy (non-hydrogen) atoms. The number of ether oxygens (including phenoxy) is 1. The van der Waals surface area contributed by atoms with Crippen LogP contribution < -0.4 is 5.32 Å². The molecule has 1 aliphatic carbocycles. The van der Waals surface area contributed by atoms with Crippen molar-refractivity contribution in [2.45, 2.75) is 31.4 Å². The lowest BCUT2D eigenvalue weighted by Gasteiger charge is -2.21. The van der Waals surface area contributed by atoms with Gasteiger partial charge >= 0.3 is 0 Å². The Morgan fingerprint density at radius 2 is 2.29 bits per heavy atom. The van der Waals surface area contributed by atoms with Gasteiger partial charge in [0.25, 0.3) is 0 Å². The number of allylic oxidation sites excluding steroid dienone is 2. The molecule has 0 aromatic carbocycles. The van der Waals surface area contributed by atoms with E-state index in [0.29, 0.717) is 13.2 Å². The monoisotopic (exact) mass is 197 g/mol. The summed E-state index contributed by atoms with van der Waals surface area (Å²) in [5, 5.41) is 12.9. The third-order valence-electron chi connectivity index (χ3n) is 3.10. The van der Waals surface area contributed by atoms with E-state index < -0.39 is 0 Å². The Morgan fingerprint density at radius 1 is 1.36 bits per heavy atom. The normalized spacial score (nSPS) is 37.6. The van der Waals surface area contributed by atoms with E-state index in [4.69, 9.17) is 4.74 Å². The summed E-state index contributed by atoms with van der Waals surface area (Å²) in [4.78, 5) is 0. The SMILES string of the molecule is OC1COCC1NCC1CC=CCC1. The van der Waals surface area contributed by atoms with Gasteiger partial charge in [-0.1, -0.05) is 12.2 Å². The maximum Gasteiger partial charge on any atom is 0.0948 e. The summed E-state index contributed by atoms with van der Waals surface area (Å²) in [5.41, 5.74) is 0. The number of hydrogen-bond donors (Lipinski definition) is 2. The molecule has 2 N–H and O–H groups in total. The van der Waals surface area contributed by atoms with Crippen LogP contribution in [-0.2, 0) is 4.74 Å². The highest BCUT2D eigenvalue weighted by atomic mass is 16.5. The van der Waals surface area contributed by atoms with Crippen molar-refractivity contribution in [3.05, 3.63) is 12.2 Å². The van der Waals surface area contributed by atoms with Gasteiger partial charge in [0.2, 0.25) is 0 Å². The molecule has 0 saturated carbocycles. The fourth-order valence-corrected chi connectivity index (χ4v) is 2.10. The van der Waals surface area contributed by atoms with E-state index in [1.165, 1.54) is 19.3 Å². The maximum absolute atomic E-state index is 9.52. The van der Waals surface area contributed by atoms with Crippen molar-refractivity contribution < 1.29 is 9.84 Å². The molecule has 0 bridgehead atoms. The van der Waals surface area contributed by atoms with Gasteiger partial charge in [0.05, 0.1) is 25.4 Å². The van der Waals surface area contributed by atoms with E-state index in [9.17, 15) is 5.11 Å². The minimum atomic E-state index is -0.311. The molecule has 3 unspecified atom stereocenters. The fraction of sp³-hybridized carbons (Fsp3) is 0.818. The van der Waals surface area contributed by atoms with Crippen molar-refractivity contribution >= 4 is 0 Å². The summed E-state index contributed by atoms with van der Waals surface area (Å²) < 4.78 is 5.18. The second kappa shape index (κ2) is 4.91. The minimum absolute atomic E-state index is 0.154. The van der Waals surface area contributed by atoms with E-state index in [2.05, 4.69) is 17.5 Å². The Kier molecular flexibility index (Phi) is 3.56. The Hall–Kier alpha value is -0.380. The van der Waals surface area contributed by atoms with Crippen molar-refractivity contribution in [3.63, 3.8) is 0 Å². The minimum Gasteiger partial charge on any atom is -0.389 e. The topological polar surface area (TPSA) is 41.5 Å². The molecule has 3 nitrogen and oxygen atoms in total. The van der Waals surface area contributed by atoms with Crippen LogP contribution >= 0.6 is 0 Å². The summed E-state index contributed by atoms with van der Waals surface area (Å²) in [7, 11) is 0. The highest BCUT2D eigenvalue weighted by molar-refractivity contribution is 4.91. The van der Waals surface area contributed by atoms with Gasteiger partial charge in [-0.05, 0) is 31.7 Å². The van der Waals surface area contributed by atoms with Crippen LogP contribution in [0, 0.1) is 5.92 Å². The quantitative estimate of drug-likeness (QED) is 0.654. The van der Waals surface area contributed by atoms with Crippen molar-refractivity contribution in [1.82, 2.24) is 5.32 Å².